The number of H-pyrrole nitrogens is 1. The van der Waals surface area contributed by atoms with Crippen LogP contribution in [-0.4, -0.2) is 47.8 Å². The van der Waals surface area contributed by atoms with Crippen LogP contribution in [0.4, 0.5) is 5.82 Å². The molecule has 0 spiro atoms. The van der Waals surface area contributed by atoms with E-state index < -0.39 is 0 Å². The molecule has 1 N–H and O–H groups in total. The summed E-state index contributed by atoms with van der Waals surface area (Å²) < 4.78 is 2.40. The monoisotopic (exact) mass is 488 g/mol. The highest BCUT2D eigenvalue weighted by Crippen LogP contribution is 2.34. The highest BCUT2D eigenvalue weighted by Gasteiger charge is 2.33. The minimum absolute atomic E-state index is 0.101. The molecular weight excluding hydrogens is 472 g/mol. The summed E-state index contributed by atoms with van der Waals surface area (Å²) in [6.07, 6.45) is 9.87. The zero-order valence-electron chi connectivity index (χ0n) is 16.9. The number of nitriles is 2. The summed E-state index contributed by atoms with van der Waals surface area (Å²) in [4.78, 5) is 22.5. The third kappa shape index (κ3) is 3.57. The lowest BCUT2D eigenvalue weighted by atomic mass is 9.96. The summed E-state index contributed by atoms with van der Waals surface area (Å²) in [5.41, 5.74) is 2.74. The predicted molar refractivity (Wildman–Crippen MR) is 119 cm³/mol. The zero-order valence-corrected chi connectivity index (χ0v) is 18.4. The van der Waals surface area contributed by atoms with Gasteiger partial charge in [0.1, 0.15) is 22.6 Å². The maximum Gasteiger partial charge on any atom is 0.184 e. The zero-order chi connectivity index (χ0) is 22.1. The summed E-state index contributed by atoms with van der Waals surface area (Å²) in [7, 11) is 0. The second-order valence-electron chi connectivity index (χ2n) is 7.57. The van der Waals surface area contributed by atoms with Gasteiger partial charge in [-0.3, -0.25) is 4.68 Å². The number of halogens is 1. The van der Waals surface area contributed by atoms with E-state index in [0.29, 0.717) is 23.4 Å². The van der Waals surface area contributed by atoms with E-state index in [1.165, 1.54) is 6.33 Å². The molecular formula is C21H17BrN10. The van der Waals surface area contributed by atoms with Crippen molar-refractivity contribution in [2.45, 2.75) is 18.9 Å². The lowest BCUT2D eigenvalue weighted by Crippen LogP contribution is -2.26. The third-order valence-corrected chi connectivity index (χ3v) is 6.15. The maximum atomic E-state index is 9.49. The second kappa shape index (κ2) is 8.36. The summed E-state index contributed by atoms with van der Waals surface area (Å²) in [6, 6.07) is 6.26. The predicted octanol–water partition coefficient (Wildman–Crippen LogP) is 3.23. The minimum Gasteiger partial charge on any atom is -0.354 e. The highest BCUT2D eigenvalue weighted by molar-refractivity contribution is 9.10. The Bertz CT molecular complexity index is 1360. The number of aromatic amines is 1. The lowest BCUT2D eigenvalue weighted by Gasteiger charge is -2.23. The van der Waals surface area contributed by atoms with Crippen LogP contribution < -0.4 is 4.90 Å². The molecule has 0 radical (unpaired) electrons. The van der Waals surface area contributed by atoms with Crippen LogP contribution >= 0.6 is 15.9 Å². The van der Waals surface area contributed by atoms with Gasteiger partial charge in [-0.15, -0.1) is 0 Å². The van der Waals surface area contributed by atoms with E-state index in [9.17, 15) is 10.5 Å². The quantitative estimate of drug-likeness (QED) is 0.451. The SMILES string of the molecule is N#CCC(C1CCN(c2ncc(Br)nc2C#N)C1)n1cc(-c2ncnc3[nH]ccc23)cn1. The molecule has 11 heteroatoms. The van der Waals surface area contributed by atoms with Crippen molar-refractivity contribution < 1.29 is 0 Å². The van der Waals surface area contributed by atoms with Crippen LogP contribution in [0, 0.1) is 28.6 Å². The first-order chi connectivity index (χ1) is 15.7. The van der Waals surface area contributed by atoms with Gasteiger partial charge in [0.05, 0.1) is 36.6 Å². The second-order valence-corrected chi connectivity index (χ2v) is 8.38. The molecule has 32 heavy (non-hydrogen) atoms. The fraction of sp³-hybridized carbons (Fsp3) is 0.286. The first-order valence-electron chi connectivity index (χ1n) is 10.0. The number of fused-ring (bicyclic) bond motifs is 1. The molecule has 5 rings (SSSR count). The van der Waals surface area contributed by atoms with E-state index in [1.54, 1.807) is 12.4 Å². The molecule has 0 amide bonds. The number of hydrogen-bond donors (Lipinski definition) is 1. The van der Waals surface area contributed by atoms with Crippen LogP contribution in [-0.2, 0) is 0 Å². The number of nitrogens with zero attached hydrogens (tertiary/aromatic N) is 9. The molecule has 1 fully saturated rings. The van der Waals surface area contributed by atoms with Gasteiger partial charge in [-0.2, -0.15) is 15.6 Å². The van der Waals surface area contributed by atoms with Gasteiger partial charge in [-0.05, 0) is 28.4 Å². The fourth-order valence-corrected chi connectivity index (χ4v) is 4.55. The Balaban J connectivity index is 1.41. The summed E-state index contributed by atoms with van der Waals surface area (Å²) in [6.45, 7) is 1.41. The van der Waals surface area contributed by atoms with Crippen LogP contribution in [0.15, 0.2) is 41.8 Å². The van der Waals surface area contributed by atoms with Gasteiger partial charge < -0.3 is 9.88 Å². The van der Waals surface area contributed by atoms with E-state index in [1.807, 2.05) is 23.1 Å². The van der Waals surface area contributed by atoms with Crippen LogP contribution in [0.2, 0.25) is 0 Å². The van der Waals surface area contributed by atoms with Crippen molar-refractivity contribution >= 4 is 32.8 Å². The van der Waals surface area contributed by atoms with Crippen LogP contribution in [0.25, 0.3) is 22.3 Å². The van der Waals surface area contributed by atoms with Crippen molar-refractivity contribution in [1.29, 1.82) is 10.5 Å². The molecule has 10 nitrogen and oxygen atoms in total. The molecule has 1 saturated heterocycles. The van der Waals surface area contributed by atoms with Crippen molar-refractivity contribution in [1.82, 2.24) is 34.7 Å². The Kier molecular flexibility index (Phi) is 5.25. The van der Waals surface area contributed by atoms with Crippen molar-refractivity contribution in [2.24, 2.45) is 5.92 Å². The summed E-state index contributed by atoms with van der Waals surface area (Å²) in [5, 5.41) is 24.4. The molecule has 1 aliphatic rings. The Hall–Kier alpha value is -3.83. The molecule has 4 aromatic rings. The molecule has 1 aliphatic heterocycles. The minimum atomic E-state index is -0.101. The molecule has 0 aliphatic carbocycles. The number of hydrogen-bond acceptors (Lipinski definition) is 8. The van der Waals surface area contributed by atoms with Crippen LogP contribution in [0.5, 0.6) is 0 Å². The Morgan fingerprint density at radius 2 is 2.16 bits per heavy atom. The molecule has 2 atom stereocenters. The van der Waals surface area contributed by atoms with Crippen LogP contribution in [0.3, 0.4) is 0 Å². The van der Waals surface area contributed by atoms with Gasteiger partial charge in [0.2, 0.25) is 0 Å². The first kappa shape index (κ1) is 20.1. The van der Waals surface area contributed by atoms with Gasteiger partial charge in [0.25, 0.3) is 0 Å². The van der Waals surface area contributed by atoms with Crippen molar-refractivity contribution in [3.63, 3.8) is 0 Å². The van der Waals surface area contributed by atoms with Crippen molar-refractivity contribution in [3.05, 3.63) is 47.5 Å². The van der Waals surface area contributed by atoms with Gasteiger partial charge in [-0.1, -0.05) is 0 Å². The normalized spacial score (nSPS) is 16.7. The van der Waals surface area contributed by atoms with Gasteiger partial charge in [0.15, 0.2) is 11.5 Å². The Morgan fingerprint density at radius 1 is 1.25 bits per heavy atom. The van der Waals surface area contributed by atoms with Crippen molar-refractivity contribution in [2.75, 3.05) is 18.0 Å². The highest BCUT2D eigenvalue weighted by atomic mass is 79.9. The average molecular weight is 489 g/mol. The van der Waals surface area contributed by atoms with Crippen molar-refractivity contribution in [3.8, 4) is 23.4 Å². The van der Waals surface area contributed by atoms with E-state index >= 15 is 0 Å². The smallest absolute Gasteiger partial charge is 0.184 e. The van der Waals surface area contributed by atoms with Gasteiger partial charge in [-0.25, -0.2) is 19.9 Å². The number of aromatic nitrogens is 7. The van der Waals surface area contributed by atoms with E-state index in [0.717, 1.165) is 35.3 Å². The van der Waals surface area contributed by atoms with E-state index in [4.69, 9.17) is 0 Å². The van der Waals surface area contributed by atoms with Gasteiger partial charge >= 0.3 is 0 Å². The standard InChI is InChI=1S/C21H17BrN10/c22-18-9-26-21(16(7-24)30-18)31-6-3-13(10-31)17(1-4-23)32-11-14(8-29-32)19-15-2-5-25-20(15)28-12-27-19/h2,5,8-9,11-13,17H,1,3,6,10H2,(H,25,27,28). The number of nitrogens with one attached hydrogen (secondary N) is 1. The van der Waals surface area contributed by atoms with E-state index in [2.05, 4.69) is 63.0 Å². The summed E-state index contributed by atoms with van der Waals surface area (Å²) >= 11 is 3.26. The topological polar surface area (TPSA) is 136 Å². The largest absolute Gasteiger partial charge is 0.354 e. The molecule has 158 valence electrons. The van der Waals surface area contributed by atoms with Gasteiger partial charge in [0, 0.05) is 42.4 Å². The lowest BCUT2D eigenvalue weighted by molar-refractivity contribution is 0.332. The molecule has 5 heterocycles. The molecule has 2 unspecified atom stereocenters. The van der Waals surface area contributed by atoms with Crippen LogP contribution in [0.1, 0.15) is 24.6 Å². The number of rotatable bonds is 5. The molecule has 0 aromatic carbocycles. The first-order valence-corrected chi connectivity index (χ1v) is 10.8. The molecule has 0 bridgehead atoms. The Morgan fingerprint density at radius 3 is 3.00 bits per heavy atom. The average Bonchev–Trinajstić information content (AvgIpc) is 3.57. The summed E-state index contributed by atoms with van der Waals surface area (Å²) in [5.74, 6) is 0.753. The molecule has 0 saturated carbocycles. The molecule has 4 aromatic heterocycles. The van der Waals surface area contributed by atoms with E-state index in [-0.39, 0.29) is 17.7 Å². The third-order valence-electron chi connectivity index (χ3n) is 5.77. The maximum absolute atomic E-state index is 9.49. The fourth-order valence-electron chi connectivity index (χ4n) is 4.28. The number of anilines is 1. The Labute approximate surface area is 191 Å².